The Morgan fingerprint density at radius 1 is 0.871 bits per heavy atom. The maximum atomic E-state index is 13.8. The van der Waals surface area contributed by atoms with Crippen molar-refractivity contribution in [2.45, 2.75) is 56.4 Å². The Bertz CT molecular complexity index is 2650. The van der Waals surface area contributed by atoms with Gasteiger partial charge in [0, 0.05) is 75.6 Å². The van der Waals surface area contributed by atoms with E-state index < -0.39 is 41.4 Å². The molecule has 318 valence electrons. The standard InChI is InChI=1S/C44H44FN11O6/c1-62-35-10-6-26(45)16-33(35)41(58)47-18-24-2-4-25(5-3-24)38-37-39(46)48-23-49-40(37)56(51-38)27-12-14-52(15-13-27)29-19-54(20-29)30-21-53(22-30)28-7-8-31-32(17-28)44(61)55(43(31)60)34-9-11-36(57)50-42(34)59/h2-8,10,16-17,23,27,29-30,34H,9,11-15,18-22H2,1H3,(H,47,58)(H2,46,48,49)(H,50,57,59). The van der Waals surface area contributed by atoms with Crippen LogP contribution in [0, 0.1) is 5.82 Å². The van der Waals surface area contributed by atoms with Gasteiger partial charge in [0.25, 0.3) is 17.7 Å². The van der Waals surface area contributed by atoms with Crippen molar-refractivity contribution in [1.29, 1.82) is 0 Å². The molecule has 17 nitrogen and oxygen atoms in total. The molecule has 0 bridgehead atoms. The van der Waals surface area contributed by atoms with Gasteiger partial charge in [0.2, 0.25) is 11.8 Å². The number of nitrogen functional groups attached to an aromatic ring is 1. The number of nitrogens with zero attached hydrogens (tertiary/aromatic N) is 8. The van der Waals surface area contributed by atoms with Crippen LogP contribution in [0.5, 0.6) is 5.75 Å². The van der Waals surface area contributed by atoms with Gasteiger partial charge in [-0.3, -0.25) is 44.0 Å². The van der Waals surface area contributed by atoms with E-state index >= 15 is 0 Å². The third-order valence-corrected chi connectivity index (χ3v) is 13.0. The Morgan fingerprint density at radius 3 is 2.35 bits per heavy atom. The van der Waals surface area contributed by atoms with Gasteiger partial charge in [0.05, 0.1) is 35.2 Å². The Morgan fingerprint density at radius 2 is 1.61 bits per heavy atom. The number of hydrogen-bond acceptors (Lipinski definition) is 13. The van der Waals surface area contributed by atoms with E-state index in [1.165, 1.54) is 25.6 Å². The molecule has 5 amide bonds. The molecule has 4 N–H and O–H groups in total. The second-order valence-electron chi connectivity index (χ2n) is 16.6. The molecule has 2 aromatic heterocycles. The van der Waals surface area contributed by atoms with Crippen LogP contribution in [0.25, 0.3) is 22.3 Å². The molecule has 62 heavy (non-hydrogen) atoms. The predicted octanol–water partition coefficient (Wildman–Crippen LogP) is 2.76. The van der Waals surface area contributed by atoms with Crippen molar-refractivity contribution in [2.24, 2.45) is 0 Å². The number of nitrogens with one attached hydrogen (secondary N) is 2. The number of methoxy groups -OCH3 is 1. The van der Waals surface area contributed by atoms with Crippen LogP contribution in [0.15, 0.2) is 67.0 Å². The highest BCUT2D eigenvalue weighted by Gasteiger charge is 2.46. The van der Waals surface area contributed by atoms with Gasteiger partial charge in [0.1, 0.15) is 35.4 Å². The van der Waals surface area contributed by atoms with E-state index in [2.05, 4.69) is 35.3 Å². The van der Waals surface area contributed by atoms with Crippen LogP contribution in [-0.2, 0) is 16.1 Å². The fourth-order valence-electron chi connectivity index (χ4n) is 9.43. The van der Waals surface area contributed by atoms with Crippen LogP contribution in [0.4, 0.5) is 15.9 Å². The topological polar surface area (TPSA) is 201 Å². The number of carbonyl (C=O) groups is 5. The number of rotatable bonds is 10. The first kappa shape index (κ1) is 39.4. The van der Waals surface area contributed by atoms with Gasteiger partial charge < -0.3 is 20.7 Å². The first-order chi connectivity index (χ1) is 30.0. The molecule has 18 heteroatoms. The Kier molecular flexibility index (Phi) is 9.90. The van der Waals surface area contributed by atoms with Gasteiger partial charge >= 0.3 is 0 Å². The van der Waals surface area contributed by atoms with Crippen molar-refractivity contribution in [1.82, 2.24) is 45.1 Å². The summed E-state index contributed by atoms with van der Waals surface area (Å²) in [6.45, 7) is 5.69. The molecule has 7 heterocycles. The molecular weight excluding hydrogens is 798 g/mol. The summed E-state index contributed by atoms with van der Waals surface area (Å²) in [7, 11) is 1.43. The molecule has 5 aliphatic heterocycles. The molecule has 10 rings (SSSR count). The van der Waals surface area contributed by atoms with E-state index in [9.17, 15) is 28.4 Å². The summed E-state index contributed by atoms with van der Waals surface area (Å²) in [5.41, 5.74) is 11.1. The number of halogens is 1. The highest BCUT2D eigenvalue weighted by atomic mass is 19.1. The highest BCUT2D eigenvalue weighted by Crippen LogP contribution is 2.37. The van der Waals surface area contributed by atoms with E-state index in [1.807, 2.05) is 35.0 Å². The molecule has 5 aromatic rings. The third-order valence-electron chi connectivity index (χ3n) is 13.0. The number of amides is 5. The number of hydrogen-bond donors (Lipinski definition) is 3. The Balaban J connectivity index is 0.728. The van der Waals surface area contributed by atoms with Gasteiger partial charge in [-0.15, -0.1) is 0 Å². The number of carbonyl (C=O) groups excluding carboxylic acids is 5. The van der Waals surface area contributed by atoms with Crippen LogP contribution >= 0.6 is 0 Å². The van der Waals surface area contributed by atoms with E-state index in [-0.39, 0.29) is 36.6 Å². The van der Waals surface area contributed by atoms with E-state index in [1.54, 1.807) is 12.1 Å². The summed E-state index contributed by atoms with van der Waals surface area (Å²) < 4.78 is 21.1. The number of ether oxygens (including phenoxy) is 1. The molecule has 5 aliphatic rings. The molecule has 4 saturated heterocycles. The van der Waals surface area contributed by atoms with Crippen LogP contribution in [-0.4, -0.2) is 128 Å². The average molecular weight is 842 g/mol. The maximum Gasteiger partial charge on any atom is 0.262 e. The zero-order chi connectivity index (χ0) is 42.8. The lowest BCUT2D eigenvalue weighted by Crippen LogP contribution is -2.70. The molecule has 0 aliphatic carbocycles. The maximum absolute atomic E-state index is 13.8. The van der Waals surface area contributed by atoms with Gasteiger partial charge in [-0.2, -0.15) is 5.10 Å². The average Bonchev–Trinajstić information content (AvgIpc) is 3.75. The lowest BCUT2D eigenvalue weighted by atomic mass is 9.95. The summed E-state index contributed by atoms with van der Waals surface area (Å²) in [6, 6.07) is 16.8. The predicted molar refractivity (Wildman–Crippen MR) is 224 cm³/mol. The van der Waals surface area contributed by atoms with Crippen LogP contribution in [0.1, 0.15) is 68.4 Å². The third kappa shape index (κ3) is 6.88. The van der Waals surface area contributed by atoms with Crippen molar-refractivity contribution in [3.05, 3.63) is 95.1 Å². The number of likely N-dealkylation sites (tertiary alicyclic amines) is 2. The molecule has 4 fully saturated rings. The molecule has 0 saturated carbocycles. The van der Waals surface area contributed by atoms with Crippen LogP contribution in [0.2, 0.25) is 0 Å². The number of benzene rings is 3. The summed E-state index contributed by atoms with van der Waals surface area (Å²) in [4.78, 5) is 80.6. The summed E-state index contributed by atoms with van der Waals surface area (Å²) in [5, 5.41) is 10.9. The molecule has 3 aromatic carbocycles. The Labute approximate surface area is 355 Å². The minimum atomic E-state index is -0.983. The quantitative estimate of drug-likeness (QED) is 0.174. The largest absolute Gasteiger partial charge is 0.496 e. The van der Waals surface area contributed by atoms with Crippen LogP contribution < -0.4 is 26.0 Å². The van der Waals surface area contributed by atoms with Crippen molar-refractivity contribution in [3.8, 4) is 17.0 Å². The van der Waals surface area contributed by atoms with Gasteiger partial charge in [-0.05, 0) is 61.2 Å². The highest BCUT2D eigenvalue weighted by molar-refractivity contribution is 6.23. The van der Waals surface area contributed by atoms with Crippen molar-refractivity contribution < 1.29 is 33.1 Å². The SMILES string of the molecule is COc1ccc(F)cc1C(=O)NCc1ccc(-c2nn(C3CCN(C4CN(C5CN(c6ccc7c(c6)C(=O)N(C6CCC(=O)NC6=O)C7=O)C5)C4)CC3)c3ncnc(N)c23)cc1. The smallest absolute Gasteiger partial charge is 0.262 e. The summed E-state index contributed by atoms with van der Waals surface area (Å²) >= 11 is 0. The van der Waals surface area contributed by atoms with E-state index in [0.717, 1.165) is 79.9 Å². The number of piperidine rings is 2. The van der Waals surface area contributed by atoms with E-state index in [4.69, 9.17) is 15.6 Å². The van der Waals surface area contributed by atoms with Crippen molar-refractivity contribution >= 4 is 52.1 Å². The number of aromatic nitrogens is 4. The molecule has 1 atom stereocenters. The second-order valence-corrected chi connectivity index (χ2v) is 16.6. The second kappa shape index (κ2) is 15.6. The minimum absolute atomic E-state index is 0.0828. The number of anilines is 2. The molecule has 0 radical (unpaired) electrons. The lowest BCUT2D eigenvalue weighted by Gasteiger charge is -2.55. The normalized spacial score (nSPS) is 20.3. The van der Waals surface area contributed by atoms with Crippen molar-refractivity contribution in [3.63, 3.8) is 0 Å². The fourth-order valence-corrected chi connectivity index (χ4v) is 9.43. The molecule has 0 spiro atoms. The monoisotopic (exact) mass is 841 g/mol. The van der Waals surface area contributed by atoms with Crippen LogP contribution in [0.3, 0.4) is 0 Å². The number of imide groups is 2. The number of nitrogens with two attached hydrogens (primary N) is 1. The first-order valence-electron chi connectivity index (χ1n) is 20.8. The minimum Gasteiger partial charge on any atom is -0.496 e. The lowest BCUT2D eigenvalue weighted by molar-refractivity contribution is -0.136. The number of fused-ring (bicyclic) bond motifs is 2. The Hall–Kier alpha value is -6.79. The fraction of sp³-hybridized carbons (Fsp3) is 0.364. The van der Waals surface area contributed by atoms with Gasteiger partial charge in [-0.1, -0.05) is 24.3 Å². The van der Waals surface area contributed by atoms with E-state index in [0.29, 0.717) is 45.9 Å². The molecular formula is C44H44FN11O6. The van der Waals surface area contributed by atoms with Gasteiger partial charge in [-0.25, -0.2) is 19.0 Å². The zero-order valence-corrected chi connectivity index (χ0v) is 33.9. The zero-order valence-electron chi connectivity index (χ0n) is 33.9. The van der Waals surface area contributed by atoms with Gasteiger partial charge in [0.15, 0.2) is 5.65 Å². The first-order valence-corrected chi connectivity index (χ1v) is 20.8. The summed E-state index contributed by atoms with van der Waals surface area (Å²) in [5.74, 6) is -2.33. The molecule has 1 unspecified atom stereocenters. The van der Waals surface area contributed by atoms with Crippen molar-refractivity contribution in [2.75, 3.05) is 57.0 Å². The summed E-state index contributed by atoms with van der Waals surface area (Å²) in [6.07, 6.45) is 3.49.